The van der Waals surface area contributed by atoms with E-state index in [1.54, 1.807) is 14.2 Å². The van der Waals surface area contributed by atoms with E-state index in [2.05, 4.69) is 18.2 Å². The van der Waals surface area contributed by atoms with Gasteiger partial charge in [0.25, 0.3) is 0 Å². The van der Waals surface area contributed by atoms with E-state index in [0.717, 1.165) is 40.6 Å². The Hall–Kier alpha value is -2.79. The van der Waals surface area contributed by atoms with Crippen molar-refractivity contribution >= 4 is 0 Å². The predicted molar refractivity (Wildman–Crippen MR) is 94.9 cm³/mol. The Bertz CT molecular complexity index is 813. The number of rotatable bonds is 6. The highest BCUT2D eigenvalue weighted by atomic mass is 16.5. The number of ether oxygens (including phenoxy) is 2. The van der Waals surface area contributed by atoms with Crippen LogP contribution in [0.3, 0.4) is 0 Å². The van der Waals surface area contributed by atoms with Crippen molar-refractivity contribution in [2.45, 2.75) is 6.42 Å². The summed E-state index contributed by atoms with van der Waals surface area (Å²) in [5, 5.41) is 4.73. The van der Waals surface area contributed by atoms with Crippen molar-refractivity contribution in [3.05, 3.63) is 60.3 Å². The van der Waals surface area contributed by atoms with Crippen molar-refractivity contribution in [3.8, 4) is 28.4 Å². The van der Waals surface area contributed by atoms with Crippen LogP contribution in [0.2, 0.25) is 0 Å². The summed E-state index contributed by atoms with van der Waals surface area (Å²) in [6, 6.07) is 17.9. The molecule has 0 saturated heterocycles. The van der Waals surface area contributed by atoms with Crippen LogP contribution >= 0.6 is 0 Å². The Kier molecular flexibility index (Phi) is 4.82. The summed E-state index contributed by atoms with van der Waals surface area (Å²) in [5.74, 6) is 1.48. The molecule has 0 amide bonds. The van der Waals surface area contributed by atoms with E-state index in [9.17, 15) is 0 Å². The van der Waals surface area contributed by atoms with Gasteiger partial charge in [0.1, 0.15) is 17.2 Å². The fraction of sp³-hybridized carbons (Fsp3) is 0.211. The first-order chi connectivity index (χ1) is 11.8. The van der Waals surface area contributed by atoms with Crippen LogP contribution in [0, 0.1) is 0 Å². The summed E-state index contributed by atoms with van der Waals surface area (Å²) in [4.78, 5) is 0. The first kappa shape index (κ1) is 16.1. The Morgan fingerprint density at radius 1 is 1.00 bits per heavy atom. The topological polar surface area (TPSA) is 62.3 Å². The van der Waals surface area contributed by atoms with Gasteiger partial charge < -0.3 is 15.2 Å². The SMILES string of the molecule is COc1ccc(OC)c(-n2nc(CCN)cc2-c2ccccc2)c1. The molecular weight excluding hydrogens is 302 g/mol. The zero-order valence-corrected chi connectivity index (χ0v) is 13.9. The highest BCUT2D eigenvalue weighted by molar-refractivity contribution is 5.65. The molecule has 2 aromatic carbocycles. The molecule has 3 rings (SSSR count). The summed E-state index contributed by atoms with van der Waals surface area (Å²) in [6.45, 7) is 0.556. The molecule has 2 N–H and O–H groups in total. The van der Waals surface area contributed by atoms with Crippen molar-refractivity contribution in [1.29, 1.82) is 0 Å². The van der Waals surface area contributed by atoms with Crippen LogP contribution in [-0.2, 0) is 6.42 Å². The second kappa shape index (κ2) is 7.19. The average Bonchev–Trinajstić information content (AvgIpc) is 3.06. The molecule has 0 atom stereocenters. The maximum absolute atomic E-state index is 5.71. The summed E-state index contributed by atoms with van der Waals surface area (Å²) in [6.07, 6.45) is 0.721. The molecule has 5 heteroatoms. The molecule has 0 aliphatic heterocycles. The summed E-state index contributed by atoms with van der Waals surface area (Å²) >= 11 is 0. The lowest BCUT2D eigenvalue weighted by atomic mass is 10.1. The molecule has 24 heavy (non-hydrogen) atoms. The molecule has 0 unspecified atom stereocenters. The average molecular weight is 323 g/mol. The fourth-order valence-electron chi connectivity index (χ4n) is 2.66. The summed E-state index contributed by atoms with van der Waals surface area (Å²) in [5.41, 5.74) is 9.56. The first-order valence-corrected chi connectivity index (χ1v) is 7.83. The molecule has 0 bridgehead atoms. The van der Waals surface area contributed by atoms with Gasteiger partial charge in [-0.1, -0.05) is 30.3 Å². The lowest BCUT2D eigenvalue weighted by Gasteiger charge is -2.13. The van der Waals surface area contributed by atoms with Gasteiger partial charge in [-0.15, -0.1) is 0 Å². The van der Waals surface area contributed by atoms with Gasteiger partial charge in [0.2, 0.25) is 0 Å². The van der Waals surface area contributed by atoms with Gasteiger partial charge in [-0.25, -0.2) is 4.68 Å². The van der Waals surface area contributed by atoms with E-state index in [1.807, 2.05) is 41.1 Å². The second-order valence-electron chi connectivity index (χ2n) is 5.38. The third-order valence-electron chi connectivity index (χ3n) is 3.84. The zero-order valence-electron chi connectivity index (χ0n) is 13.9. The molecule has 3 aromatic rings. The standard InChI is InChI=1S/C19H21N3O2/c1-23-16-8-9-19(24-2)18(13-16)22-17(12-15(21-22)10-11-20)14-6-4-3-5-7-14/h3-9,12-13H,10-11,20H2,1-2H3. The summed E-state index contributed by atoms with van der Waals surface area (Å²) < 4.78 is 12.8. The lowest BCUT2D eigenvalue weighted by molar-refractivity contribution is 0.400. The molecular formula is C19H21N3O2. The molecule has 0 spiro atoms. The third kappa shape index (κ3) is 3.12. The lowest BCUT2D eigenvalue weighted by Crippen LogP contribution is -2.05. The van der Waals surface area contributed by atoms with E-state index >= 15 is 0 Å². The Balaban J connectivity index is 2.20. The number of nitrogens with two attached hydrogens (primary N) is 1. The van der Waals surface area contributed by atoms with E-state index in [4.69, 9.17) is 20.3 Å². The second-order valence-corrected chi connectivity index (χ2v) is 5.38. The smallest absolute Gasteiger partial charge is 0.144 e. The number of benzene rings is 2. The van der Waals surface area contributed by atoms with Gasteiger partial charge in [0, 0.05) is 18.1 Å². The Labute approximate surface area is 141 Å². The molecule has 0 aliphatic carbocycles. The van der Waals surface area contributed by atoms with E-state index in [-0.39, 0.29) is 0 Å². The molecule has 1 heterocycles. The number of methoxy groups -OCH3 is 2. The van der Waals surface area contributed by atoms with Crippen LogP contribution in [0.1, 0.15) is 5.69 Å². The molecule has 0 saturated carbocycles. The number of hydrogen-bond acceptors (Lipinski definition) is 4. The Morgan fingerprint density at radius 3 is 2.46 bits per heavy atom. The minimum atomic E-state index is 0.556. The quantitative estimate of drug-likeness (QED) is 0.757. The van der Waals surface area contributed by atoms with E-state index < -0.39 is 0 Å². The number of hydrogen-bond donors (Lipinski definition) is 1. The fourth-order valence-corrected chi connectivity index (χ4v) is 2.66. The van der Waals surface area contributed by atoms with Crippen molar-refractivity contribution in [2.75, 3.05) is 20.8 Å². The van der Waals surface area contributed by atoms with E-state index in [0.29, 0.717) is 6.54 Å². The molecule has 0 fully saturated rings. The molecule has 124 valence electrons. The largest absolute Gasteiger partial charge is 0.497 e. The van der Waals surface area contributed by atoms with Gasteiger partial charge in [0.05, 0.1) is 25.6 Å². The minimum absolute atomic E-state index is 0.556. The van der Waals surface area contributed by atoms with Crippen LogP contribution < -0.4 is 15.2 Å². The number of aromatic nitrogens is 2. The van der Waals surface area contributed by atoms with Crippen LogP contribution in [0.15, 0.2) is 54.6 Å². The minimum Gasteiger partial charge on any atom is -0.497 e. The number of nitrogens with zero attached hydrogens (tertiary/aromatic N) is 2. The molecule has 5 nitrogen and oxygen atoms in total. The Morgan fingerprint density at radius 2 is 1.79 bits per heavy atom. The maximum Gasteiger partial charge on any atom is 0.144 e. The van der Waals surface area contributed by atoms with Crippen molar-refractivity contribution < 1.29 is 9.47 Å². The third-order valence-corrected chi connectivity index (χ3v) is 3.84. The van der Waals surface area contributed by atoms with Crippen molar-refractivity contribution in [1.82, 2.24) is 9.78 Å². The van der Waals surface area contributed by atoms with Gasteiger partial charge in [0.15, 0.2) is 0 Å². The van der Waals surface area contributed by atoms with Crippen LogP contribution in [0.4, 0.5) is 0 Å². The van der Waals surface area contributed by atoms with Crippen LogP contribution in [0.25, 0.3) is 16.9 Å². The normalized spacial score (nSPS) is 10.6. The van der Waals surface area contributed by atoms with Gasteiger partial charge in [-0.05, 0) is 24.7 Å². The molecule has 0 aliphatic rings. The highest BCUT2D eigenvalue weighted by Crippen LogP contribution is 2.32. The van der Waals surface area contributed by atoms with Crippen molar-refractivity contribution in [3.63, 3.8) is 0 Å². The van der Waals surface area contributed by atoms with Crippen molar-refractivity contribution in [2.24, 2.45) is 5.73 Å². The predicted octanol–water partition coefficient (Wildman–Crippen LogP) is 3.06. The molecule has 1 aromatic heterocycles. The van der Waals surface area contributed by atoms with Crippen LogP contribution in [0.5, 0.6) is 11.5 Å². The van der Waals surface area contributed by atoms with Gasteiger partial charge in [-0.3, -0.25) is 0 Å². The van der Waals surface area contributed by atoms with E-state index in [1.165, 1.54) is 0 Å². The van der Waals surface area contributed by atoms with Gasteiger partial charge in [-0.2, -0.15) is 5.10 Å². The van der Waals surface area contributed by atoms with Gasteiger partial charge >= 0.3 is 0 Å². The molecule has 0 radical (unpaired) electrons. The van der Waals surface area contributed by atoms with Crippen LogP contribution in [-0.4, -0.2) is 30.5 Å². The zero-order chi connectivity index (χ0) is 16.9. The maximum atomic E-state index is 5.71. The highest BCUT2D eigenvalue weighted by Gasteiger charge is 2.15. The first-order valence-electron chi connectivity index (χ1n) is 7.83. The summed E-state index contributed by atoms with van der Waals surface area (Å²) in [7, 11) is 3.30. The monoisotopic (exact) mass is 323 g/mol.